The van der Waals surface area contributed by atoms with Gasteiger partial charge >= 0.3 is 0 Å². The highest BCUT2D eigenvalue weighted by Gasteiger charge is 2.31. The van der Waals surface area contributed by atoms with Crippen LogP contribution in [0.25, 0.3) is 10.2 Å². The number of unbranched alkanes of at least 4 members (excludes halogenated alkanes) is 1. The molecule has 2 atom stereocenters. The second-order valence-electron chi connectivity index (χ2n) is 7.50. The van der Waals surface area contributed by atoms with Crippen LogP contribution in [0.4, 0.5) is 0 Å². The number of thiazole rings is 1. The minimum absolute atomic E-state index is 0.0208. The van der Waals surface area contributed by atoms with Crippen LogP contribution in [-0.4, -0.2) is 53.2 Å². The fourth-order valence-electron chi connectivity index (χ4n) is 3.65. The standard InChI is InChI=1S/C21H28N4O3S/c1-14(26)25-12-6-7-15(13-25)20(28)23-17(9-4-5-11-22)19(27)21-24-16-8-2-3-10-18(16)29-21/h2-3,8,10,15,17H,4-7,9,11-13,22H2,1H3,(H,23,28)/t15-,17?/m1/s1. The first-order valence-corrected chi connectivity index (χ1v) is 11.0. The van der Waals surface area contributed by atoms with Crippen molar-refractivity contribution in [1.82, 2.24) is 15.2 Å². The zero-order chi connectivity index (χ0) is 20.8. The Hall–Kier alpha value is -2.32. The van der Waals surface area contributed by atoms with E-state index >= 15 is 0 Å². The number of nitrogens with two attached hydrogens (primary N) is 1. The molecule has 156 valence electrons. The lowest BCUT2D eigenvalue weighted by Gasteiger charge is -2.32. The van der Waals surface area contributed by atoms with Crippen LogP contribution >= 0.6 is 11.3 Å². The molecule has 0 spiro atoms. The van der Waals surface area contributed by atoms with E-state index in [1.54, 1.807) is 4.90 Å². The molecule has 29 heavy (non-hydrogen) atoms. The number of Topliss-reactive ketones (excluding diaryl/α,β-unsaturated/α-hetero) is 1. The molecule has 3 rings (SSSR count). The van der Waals surface area contributed by atoms with Crippen LogP contribution in [0.5, 0.6) is 0 Å². The molecule has 0 bridgehead atoms. The van der Waals surface area contributed by atoms with Gasteiger partial charge in [-0.1, -0.05) is 12.1 Å². The summed E-state index contributed by atoms with van der Waals surface area (Å²) in [6, 6.07) is 7.00. The number of rotatable bonds is 8. The molecule has 2 heterocycles. The normalized spacial score (nSPS) is 17.9. The summed E-state index contributed by atoms with van der Waals surface area (Å²) in [4.78, 5) is 43.8. The van der Waals surface area contributed by atoms with Crippen molar-refractivity contribution >= 4 is 39.2 Å². The van der Waals surface area contributed by atoms with Gasteiger partial charge in [0, 0.05) is 20.0 Å². The number of carbonyl (C=O) groups is 3. The predicted octanol–water partition coefficient (Wildman–Crippen LogP) is 2.35. The maximum absolute atomic E-state index is 13.1. The Morgan fingerprint density at radius 3 is 2.83 bits per heavy atom. The van der Waals surface area contributed by atoms with Gasteiger partial charge in [-0.25, -0.2) is 4.98 Å². The molecule has 3 N–H and O–H groups in total. The fourth-order valence-corrected chi connectivity index (χ4v) is 4.62. The Bertz CT molecular complexity index is 849. The molecule has 1 aliphatic heterocycles. The zero-order valence-electron chi connectivity index (χ0n) is 16.7. The number of aromatic nitrogens is 1. The van der Waals surface area contributed by atoms with Crippen molar-refractivity contribution in [3.63, 3.8) is 0 Å². The summed E-state index contributed by atoms with van der Waals surface area (Å²) >= 11 is 1.35. The van der Waals surface area contributed by atoms with E-state index in [1.165, 1.54) is 18.3 Å². The summed E-state index contributed by atoms with van der Waals surface area (Å²) in [6.07, 6.45) is 3.59. The molecule has 0 radical (unpaired) electrons. The van der Waals surface area contributed by atoms with Crippen LogP contribution in [0.15, 0.2) is 24.3 Å². The third-order valence-corrected chi connectivity index (χ3v) is 6.37. The summed E-state index contributed by atoms with van der Waals surface area (Å²) in [6.45, 7) is 3.16. The van der Waals surface area contributed by atoms with E-state index in [0.29, 0.717) is 31.1 Å². The highest BCUT2D eigenvalue weighted by atomic mass is 32.1. The number of ketones is 1. The lowest BCUT2D eigenvalue weighted by Crippen LogP contribution is -2.49. The summed E-state index contributed by atoms with van der Waals surface area (Å²) in [7, 11) is 0. The van der Waals surface area contributed by atoms with E-state index in [9.17, 15) is 14.4 Å². The summed E-state index contributed by atoms with van der Waals surface area (Å²) < 4.78 is 0.951. The number of fused-ring (bicyclic) bond motifs is 1. The Balaban J connectivity index is 1.72. The second-order valence-corrected chi connectivity index (χ2v) is 8.53. The van der Waals surface area contributed by atoms with Crippen LogP contribution < -0.4 is 11.1 Å². The monoisotopic (exact) mass is 416 g/mol. The van der Waals surface area contributed by atoms with E-state index in [-0.39, 0.29) is 23.5 Å². The molecule has 1 fully saturated rings. The summed E-state index contributed by atoms with van der Waals surface area (Å²) in [5.41, 5.74) is 6.38. The lowest BCUT2D eigenvalue weighted by molar-refractivity contribution is -0.134. The molecule has 0 aliphatic carbocycles. The van der Waals surface area contributed by atoms with E-state index in [1.807, 2.05) is 24.3 Å². The number of piperidine rings is 1. The van der Waals surface area contributed by atoms with Gasteiger partial charge in [-0.3, -0.25) is 14.4 Å². The van der Waals surface area contributed by atoms with Gasteiger partial charge in [0.05, 0.1) is 22.2 Å². The Morgan fingerprint density at radius 1 is 1.31 bits per heavy atom. The topological polar surface area (TPSA) is 105 Å². The first-order valence-electron chi connectivity index (χ1n) is 10.2. The molecule has 1 unspecified atom stereocenters. The molecule has 0 saturated carbocycles. The number of carbonyl (C=O) groups excluding carboxylic acids is 3. The average molecular weight is 417 g/mol. The number of likely N-dealkylation sites (tertiary alicyclic amines) is 1. The van der Waals surface area contributed by atoms with Gasteiger partial charge in [0.15, 0.2) is 5.01 Å². The number of para-hydroxylation sites is 1. The maximum Gasteiger partial charge on any atom is 0.225 e. The Kier molecular flexibility index (Phi) is 7.33. The summed E-state index contributed by atoms with van der Waals surface area (Å²) in [5.74, 6) is -0.626. The zero-order valence-corrected chi connectivity index (χ0v) is 17.5. The van der Waals surface area contributed by atoms with Crippen molar-refractivity contribution in [1.29, 1.82) is 0 Å². The van der Waals surface area contributed by atoms with Crippen molar-refractivity contribution in [2.75, 3.05) is 19.6 Å². The molecular formula is C21H28N4O3S. The van der Waals surface area contributed by atoms with E-state index < -0.39 is 6.04 Å². The van der Waals surface area contributed by atoms with Gasteiger partial charge < -0.3 is 16.0 Å². The van der Waals surface area contributed by atoms with Crippen LogP contribution in [0.2, 0.25) is 0 Å². The number of benzene rings is 1. The van der Waals surface area contributed by atoms with E-state index in [2.05, 4.69) is 10.3 Å². The van der Waals surface area contributed by atoms with Gasteiger partial charge in [0.25, 0.3) is 0 Å². The van der Waals surface area contributed by atoms with Gasteiger partial charge in [-0.05, 0) is 50.8 Å². The fraction of sp³-hybridized carbons (Fsp3) is 0.524. The van der Waals surface area contributed by atoms with Gasteiger partial charge in [-0.2, -0.15) is 0 Å². The van der Waals surface area contributed by atoms with Crippen molar-refractivity contribution in [2.24, 2.45) is 11.7 Å². The average Bonchev–Trinajstić information content (AvgIpc) is 3.17. The minimum atomic E-state index is -0.623. The number of nitrogens with zero attached hydrogens (tertiary/aromatic N) is 2. The van der Waals surface area contributed by atoms with Crippen molar-refractivity contribution < 1.29 is 14.4 Å². The van der Waals surface area contributed by atoms with Crippen LogP contribution in [0, 0.1) is 5.92 Å². The lowest BCUT2D eigenvalue weighted by atomic mass is 9.96. The van der Waals surface area contributed by atoms with E-state index in [0.717, 1.165) is 35.9 Å². The molecule has 7 nitrogen and oxygen atoms in total. The van der Waals surface area contributed by atoms with Gasteiger partial charge in [0.2, 0.25) is 17.6 Å². The number of amides is 2. The molecule has 1 aromatic heterocycles. The molecule has 1 saturated heterocycles. The second kappa shape index (κ2) is 9.93. The molecule has 8 heteroatoms. The highest BCUT2D eigenvalue weighted by molar-refractivity contribution is 7.20. The third kappa shape index (κ3) is 5.39. The molecular weight excluding hydrogens is 388 g/mol. The largest absolute Gasteiger partial charge is 0.346 e. The molecule has 2 aromatic rings. The first-order chi connectivity index (χ1) is 14.0. The van der Waals surface area contributed by atoms with Gasteiger partial charge in [0.1, 0.15) is 0 Å². The maximum atomic E-state index is 13.1. The number of hydrogen-bond acceptors (Lipinski definition) is 6. The number of nitrogens with one attached hydrogen (secondary N) is 1. The van der Waals surface area contributed by atoms with Crippen molar-refractivity contribution in [2.45, 2.75) is 45.1 Å². The van der Waals surface area contributed by atoms with Crippen LogP contribution in [0.1, 0.15) is 48.8 Å². The molecule has 1 aromatic carbocycles. The third-order valence-electron chi connectivity index (χ3n) is 5.32. The molecule has 2 amide bonds. The van der Waals surface area contributed by atoms with Crippen LogP contribution in [0.3, 0.4) is 0 Å². The number of hydrogen-bond donors (Lipinski definition) is 2. The smallest absolute Gasteiger partial charge is 0.225 e. The Morgan fingerprint density at radius 2 is 2.10 bits per heavy atom. The van der Waals surface area contributed by atoms with Gasteiger partial charge in [-0.15, -0.1) is 11.3 Å². The summed E-state index contributed by atoms with van der Waals surface area (Å²) in [5, 5.41) is 3.36. The first kappa shape index (κ1) is 21.4. The highest BCUT2D eigenvalue weighted by Crippen LogP contribution is 2.24. The predicted molar refractivity (Wildman–Crippen MR) is 114 cm³/mol. The Labute approximate surface area is 174 Å². The quantitative estimate of drug-likeness (QED) is 0.508. The van der Waals surface area contributed by atoms with E-state index in [4.69, 9.17) is 5.73 Å². The van der Waals surface area contributed by atoms with Crippen molar-refractivity contribution in [3.05, 3.63) is 29.3 Å². The van der Waals surface area contributed by atoms with Crippen LogP contribution in [-0.2, 0) is 9.59 Å². The molecule has 1 aliphatic rings. The van der Waals surface area contributed by atoms with Crippen molar-refractivity contribution in [3.8, 4) is 0 Å². The SMILES string of the molecule is CC(=O)N1CCC[C@@H](C(=O)NC(CCCCN)C(=O)c2nc3ccccc3s2)C1. The minimum Gasteiger partial charge on any atom is -0.346 e.